The van der Waals surface area contributed by atoms with Crippen molar-refractivity contribution in [3.8, 4) is 0 Å². The average Bonchev–Trinajstić information content (AvgIpc) is 2.06. The molecule has 0 aliphatic carbocycles. The van der Waals surface area contributed by atoms with Gasteiger partial charge in [-0.2, -0.15) is 0 Å². The number of ether oxygens (including phenoxy) is 2. The van der Waals surface area contributed by atoms with Crippen molar-refractivity contribution < 1.29 is 14.3 Å². The number of carbonyl (C=O) groups is 1. The van der Waals surface area contributed by atoms with Crippen molar-refractivity contribution in [2.75, 3.05) is 20.3 Å². The van der Waals surface area contributed by atoms with Crippen LogP contribution in [0.2, 0.25) is 0 Å². The van der Waals surface area contributed by atoms with E-state index in [1.165, 1.54) is 0 Å². The van der Waals surface area contributed by atoms with Gasteiger partial charge in [0.1, 0.15) is 6.61 Å². The Morgan fingerprint density at radius 3 is 2.23 bits per heavy atom. The summed E-state index contributed by atoms with van der Waals surface area (Å²) in [6, 6.07) is 0. The van der Waals surface area contributed by atoms with Crippen LogP contribution in [0.3, 0.4) is 0 Å². The third-order valence-corrected chi connectivity index (χ3v) is 0.869. The zero-order valence-electron chi connectivity index (χ0n) is 8.63. The number of hydrogen-bond donors (Lipinski definition) is 0. The van der Waals surface area contributed by atoms with Crippen molar-refractivity contribution in [1.29, 1.82) is 0 Å². The third-order valence-electron chi connectivity index (χ3n) is 0.869. The average molecular weight is 186 g/mol. The van der Waals surface area contributed by atoms with Gasteiger partial charge in [0.05, 0.1) is 6.61 Å². The van der Waals surface area contributed by atoms with Gasteiger partial charge >= 0.3 is 5.97 Å². The molecule has 0 aromatic rings. The van der Waals surface area contributed by atoms with Crippen molar-refractivity contribution in [3.05, 3.63) is 24.8 Å². The third kappa shape index (κ3) is 13.8. The van der Waals surface area contributed by atoms with E-state index in [2.05, 4.69) is 22.6 Å². The van der Waals surface area contributed by atoms with E-state index < -0.39 is 0 Å². The Labute approximate surface area is 80.0 Å². The molecule has 13 heavy (non-hydrogen) atoms. The first kappa shape index (κ1) is 14.4. The van der Waals surface area contributed by atoms with E-state index in [4.69, 9.17) is 0 Å². The van der Waals surface area contributed by atoms with Crippen LogP contribution < -0.4 is 0 Å². The molecule has 0 aromatic carbocycles. The van der Waals surface area contributed by atoms with Crippen LogP contribution in [0.4, 0.5) is 0 Å². The number of allylic oxidation sites excluding steroid dienone is 1. The van der Waals surface area contributed by atoms with E-state index in [1.54, 1.807) is 20.1 Å². The number of rotatable bonds is 4. The van der Waals surface area contributed by atoms with E-state index in [0.29, 0.717) is 18.8 Å². The molecule has 0 N–H and O–H groups in total. The van der Waals surface area contributed by atoms with Gasteiger partial charge in [-0.05, 0) is 13.8 Å². The van der Waals surface area contributed by atoms with Gasteiger partial charge in [0, 0.05) is 12.7 Å². The van der Waals surface area contributed by atoms with Crippen LogP contribution in [-0.4, -0.2) is 26.3 Å². The maximum absolute atomic E-state index is 10.6. The lowest BCUT2D eigenvalue weighted by molar-refractivity contribution is -0.140. The summed E-state index contributed by atoms with van der Waals surface area (Å²) < 4.78 is 9.35. The van der Waals surface area contributed by atoms with Crippen molar-refractivity contribution in [3.63, 3.8) is 0 Å². The zero-order chi connectivity index (χ0) is 10.7. The number of carbonyl (C=O) groups excluding carboxylic acids is 1. The largest absolute Gasteiger partial charge is 0.460 e. The first-order chi connectivity index (χ1) is 6.09. The van der Waals surface area contributed by atoms with Crippen LogP contribution in [0.25, 0.3) is 0 Å². The van der Waals surface area contributed by atoms with Crippen molar-refractivity contribution in [2.24, 2.45) is 0 Å². The van der Waals surface area contributed by atoms with Crippen LogP contribution in [-0.2, 0) is 14.3 Å². The van der Waals surface area contributed by atoms with Gasteiger partial charge in [0.15, 0.2) is 0 Å². The molecule has 0 unspecified atom stereocenters. The topological polar surface area (TPSA) is 35.5 Å². The highest BCUT2D eigenvalue weighted by molar-refractivity contribution is 5.86. The summed E-state index contributed by atoms with van der Waals surface area (Å²) in [7, 11) is 1.55. The predicted octanol–water partition coefficient (Wildman–Crippen LogP) is 1.94. The fourth-order valence-corrected chi connectivity index (χ4v) is 0.341. The van der Waals surface area contributed by atoms with Crippen LogP contribution in [0, 0.1) is 0 Å². The zero-order valence-corrected chi connectivity index (χ0v) is 8.63. The van der Waals surface area contributed by atoms with Crippen molar-refractivity contribution >= 4 is 5.97 Å². The summed E-state index contributed by atoms with van der Waals surface area (Å²) >= 11 is 0. The van der Waals surface area contributed by atoms with Gasteiger partial charge in [0.25, 0.3) is 0 Å². The number of esters is 1. The lowest BCUT2D eigenvalue weighted by Crippen LogP contribution is -2.09. The van der Waals surface area contributed by atoms with Crippen molar-refractivity contribution in [2.45, 2.75) is 13.8 Å². The quantitative estimate of drug-likeness (QED) is 0.291. The molecule has 0 fully saturated rings. The van der Waals surface area contributed by atoms with Crippen LogP contribution in [0.15, 0.2) is 24.8 Å². The van der Waals surface area contributed by atoms with Gasteiger partial charge in [-0.1, -0.05) is 12.7 Å². The Morgan fingerprint density at radius 2 is 1.92 bits per heavy atom. The van der Waals surface area contributed by atoms with Crippen LogP contribution in [0.1, 0.15) is 13.8 Å². The maximum Gasteiger partial charge on any atom is 0.333 e. The van der Waals surface area contributed by atoms with E-state index in [0.717, 1.165) is 0 Å². The first-order valence-corrected chi connectivity index (χ1v) is 3.98. The highest BCUT2D eigenvalue weighted by Crippen LogP contribution is 1.90. The standard InChI is InChI=1S/C7H12O3.C3H6/c1-6(2)7(8)10-5-4-9-3;1-3-2/h1,4-5H2,2-3H3;3H,1H2,2H3. The molecular weight excluding hydrogens is 168 g/mol. The molecule has 0 aliphatic heterocycles. The normalized spacial score (nSPS) is 7.92. The summed E-state index contributed by atoms with van der Waals surface area (Å²) in [5, 5.41) is 0. The summed E-state index contributed by atoms with van der Waals surface area (Å²) in [6.45, 7) is 11.0. The van der Waals surface area contributed by atoms with E-state index in [-0.39, 0.29) is 5.97 Å². The lowest BCUT2D eigenvalue weighted by Gasteiger charge is -2.01. The molecule has 0 amide bonds. The molecule has 3 nitrogen and oxygen atoms in total. The van der Waals surface area contributed by atoms with Gasteiger partial charge in [0.2, 0.25) is 0 Å². The highest BCUT2D eigenvalue weighted by Gasteiger charge is 2.00. The number of methoxy groups -OCH3 is 1. The first-order valence-electron chi connectivity index (χ1n) is 3.98. The molecule has 76 valence electrons. The summed E-state index contributed by atoms with van der Waals surface area (Å²) in [5.41, 5.74) is 0.413. The van der Waals surface area contributed by atoms with Crippen LogP contribution in [0.5, 0.6) is 0 Å². The maximum atomic E-state index is 10.6. The second kappa shape index (κ2) is 10.9. The Bertz CT molecular complexity index is 162. The highest BCUT2D eigenvalue weighted by atomic mass is 16.6. The van der Waals surface area contributed by atoms with E-state index in [1.807, 2.05) is 6.92 Å². The van der Waals surface area contributed by atoms with Gasteiger partial charge in [-0.3, -0.25) is 0 Å². The SMILES string of the molecule is C=C(C)C(=O)OCCOC.C=CC. The van der Waals surface area contributed by atoms with Crippen LogP contribution >= 0.6 is 0 Å². The molecule has 0 saturated carbocycles. The van der Waals surface area contributed by atoms with Gasteiger partial charge in [-0.25, -0.2) is 4.79 Å². The minimum Gasteiger partial charge on any atom is -0.460 e. The van der Waals surface area contributed by atoms with Crippen molar-refractivity contribution in [1.82, 2.24) is 0 Å². The smallest absolute Gasteiger partial charge is 0.333 e. The molecule has 0 atom stereocenters. The number of hydrogen-bond acceptors (Lipinski definition) is 3. The fourth-order valence-electron chi connectivity index (χ4n) is 0.341. The van der Waals surface area contributed by atoms with Gasteiger partial charge < -0.3 is 9.47 Å². The Hall–Kier alpha value is -1.09. The Kier molecular flexibility index (Phi) is 12.1. The predicted molar refractivity (Wildman–Crippen MR) is 53.5 cm³/mol. The second-order valence-corrected chi connectivity index (χ2v) is 2.32. The summed E-state index contributed by atoms with van der Waals surface area (Å²) in [6.07, 6.45) is 1.75. The Balaban J connectivity index is 0. The molecule has 3 heteroatoms. The second-order valence-electron chi connectivity index (χ2n) is 2.32. The summed E-state index contributed by atoms with van der Waals surface area (Å²) in [4.78, 5) is 10.6. The molecule has 0 bridgehead atoms. The fraction of sp³-hybridized carbons (Fsp3) is 0.500. The molecule has 0 rings (SSSR count). The Morgan fingerprint density at radius 1 is 1.46 bits per heavy atom. The lowest BCUT2D eigenvalue weighted by atomic mass is 10.4. The molecule has 0 aromatic heterocycles. The van der Waals surface area contributed by atoms with E-state index >= 15 is 0 Å². The molecular formula is C10H18O3. The van der Waals surface area contributed by atoms with E-state index in [9.17, 15) is 4.79 Å². The molecule has 0 radical (unpaired) electrons. The minimum atomic E-state index is -0.364. The molecule has 0 heterocycles. The van der Waals surface area contributed by atoms with Gasteiger partial charge in [-0.15, -0.1) is 6.58 Å². The molecule has 0 saturated heterocycles. The summed E-state index contributed by atoms with van der Waals surface area (Å²) in [5.74, 6) is -0.364. The molecule has 0 spiro atoms. The minimum absolute atomic E-state index is 0.294. The monoisotopic (exact) mass is 186 g/mol. The molecule has 0 aliphatic rings.